The van der Waals surface area contributed by atoms with E-state index in [9.17, 15) is 18.3 Å². The lowest BCUT2D eigenvalue weighted by Crippen LogP contribution is -2.41. The molecule has 1 heterocycles. The van der Waals surface area contributed by atoms with Crippen molar-refractivity contribution in [3.8, 4) is 5.75 Å². The average Bonchev–Trinajstić information content (AvgIpc) is 2.75. The first-order valence-corrected chi connectivity index (χ1v) is 8.72. The summed E-state index contributed by atoms with van der Waals surface area (Å²) in [7, 11) is -3.88. The first-order chi connectivity index (χ1) is 10.2. The second-order valence-corrected chi connectivity index (χ2v) is 7.76. The van der Waals surface area contributed by atoms with Gasteiger partial charge in [-0.05, 0) is 43.0 Å². The van der Waals surface area contributed by atoms with Crippen LogP contribution in [0.4, 0.5) is 0 Å². The molecule has 0 spiro atoms. The molecule has 1 aromatic carbocycles. The molecule has 122 valence electrons. The van der Waals surface area contributed by atoms with Crippen LogP contribution in [0.1, 0.15) is 32.8 Å². The van der Waals surface area contributed by atoms with E-state index >= 15 is 0 Å². The van der Waals surface area contributed by atoms with Gasteiger partial charge < -0.3 is 9.84 Å². The Kier molecular flexibility index (Phi) is 4.77. The minimum atomic E-state index is -3.88. The number of rotatable bonds is 6. The minimum absolute atomic E-state index is 0.0219. The van der Waals surface area contributed by atoms with E-state index in [0.29, 0.717) is 12.2 Å². The molecule has 0 amide bonds. The highest BCUT2D eigenvalue weighted by atomic mass is 32.2. The van der Waals surface area contributed by atoms with E-state index in [0.717, 1.165) is 5.56 Å². The second kappa shape index (κ2) is 6.26. The lowest BCUT2D eigenvalue weighted by Gasteiger charge is -2.16. The van der Waals surface area contributed by atoms with Gasteiger partial charge in [-0.3, -0.25) is 4.79 Å². The van der Waals surface area contributed by atoms with Crippen LogP contribution in [0, 0.1) is 5.92 Å². The number of carboxylic acid groups (broad SMARTS) is 1. The number of fused-ring (bicyclic) bond motifs is 1. The van der Waals surface area contributed by atoms with E-state index in [1.54, 1.807) is 12.1 Å². The molecule has 0 aliphatic carbocycles. The van der Waals surface area contributed by atoms with Crippen molar-refractivity contribution in [3.05, 3.63) is 23.8 Å². The molecule has 6 nitrogen and oxygen atoms in total. The number of ether oxygens (including phenoxy) is 1. The third-order valence-corrected chi connectivity index (χ3v) is 4.95. The van der Waals surface area contributed by atoms with E-state index in [1.165, 1.54) is 6.07 Å². The van der Waals surface area contributed by atoms with Crippen molar-refractivity contribution in [2.75, 3.05) is 0 Å². The first kappa shape index (κ1) is 16.8. The monoisotopic (exact) mass is 327 g/mol. The summed E-state index contributed by atoms with van der Waals surface area (Å²) in [4.78, 5) is 11.3. The molecule has 1 aliphatic heterocycles. The largest absolute Gasteiger partial charge is 0.490 e. The molecule has 1 aromatic rings. The maximum Gasteiger partial charge on any atom is 0.321 e. The zero-order valence-corrected chi connectivity index (χ0v) is 13.7. The SMILES string of the molecule is CC(C)C[C@H](NS(=O)(=O)c1ccc2c(c1)CC(C)O2)C(=O)O. The van der Waals surface area contributed by atoms with Crippen molar-refractivity contribution < 1.29 is 23.1 Å². The molecule has 2 rings (SSSR count). The molecule has 0 aromatic heterocycles. The molecule has 22 heavy (non-hydrogen) atoms. The molecular weight excluding hydrogens is 306 g/mol. The van der Waals surface area contributed by atoms with Gasteiger partial charge in [-0.15, -0.1) is 0 Å². The Morgan fingerprint density at radius 2 is 2.14 bits per heavy atom. The number of carboxylic acids is 1. The molecule has 1 unspecified atom stereocenters. The summed E-state index contributed by atoms with van der Waals surface area (Å²) in [6.45, 7) is 5.60. The van der Waals surface area contributed by atoms with Crippen LogP contribution < -0.4 is 9.46 Å². The highest BCUT2D eigenvalue weighted by Gasteiger charge is 2.28. The van der Waals surface area contributed by atoms with E-state index in [-0.39, 0.29) is 23.3 Å². The van der Waals surface area contributed by atoms with Crippen molar-refractivity contribution in [2.24, 2.45) is 5.92 Å². The van der Waals surface area contributed by atoms with E-state index < -0.39 is 22.0 Å². The normalized spacial score (nSPS) is 18.8. The summed E-state index contributed by atoms with van der Waals surface area (Å²) in [6, 6.07) is 3.47. The standard InChI is InChI=1S/C15H21NO5S/c1-9(2)6-13(15(17)18)16-22(19,20)12-4-5-14-11(8-12)7-10(3)21-14/h4-5,8-10,13,16H,6-7H2,1-3H3,(H,17,18)/t10?,13-/m0/s1. The van der Waals surface area contributed by atoms with Gasteiger partial charge in [0.1, 0.15) is 17.9 Å². The van der Waals surface area contributed by atoms with E-state index in [1.807, 2.05) is 20.8 Å². The van der Waals surface area contributed by atoms with Crippen LogP contribution in [0.15, 0.2) is 23.1 Å². The van der Waals surface area contributed by atoms with Crippen molar-refractivity contribution in [3.63, 3.8) is 0 Å². The Balaban J connectivity index is 2.23. The van der Waals surface area contributed by atoms with Crippen LogP contribution in [0.25, 0.3) is 0 Å². The predicted molar refractivity (Wildman–Crippen MR) is 81.4 cm³/mol. The fourth-order valence-electron chi connectivity index (χ4n) is 2.49. The lowest BCUT2D eigenvalue weighted by molar-refractivity contribution is -0.139. The Hall–Kier alpha value is -1.60. The van der Waals surface area contributed by atoms with Crippen LogP contribution in [0.5, 0.6) is 5.75 Å². The third kappa shape index (κ3) is 3.78. The van der Waals surface area contributed by atoms with Crippen LogP contribution >= 0.6 is 0 Å². The molecule has 0 fully saturated rings. The quantitative estimate of drug-likeness (QED) is 0.831. The van der Waals surface area contributed by atoms with Gasteiger partial charge >= 0.3 is 5.97 Å². The summed E-state index contributed by atoms with van der Waals surface area (Å²) < 4.78 is 32.6. The maximum atomic E-state index is 12.4. The minimum Gasteiger partial charge on any atom is -0.490 e. The van der Waals surface area contributed by atoms with Gasteiger partial charge in [0, 0.05) is 6.42 Å². The van der Waals surface area contributed by atoms with Gasteiger partial charge in [-0.1, -0.05) is 13.8 Å². The first-order valence-electron chi connectivity index (χ1n) is 7.23. The average molecular weight is 327 g/mol. The molecule has 0 bridgehead atoms. The number of sulfonamides is 1. The van der Waals surface area contributed by atoms with E-state index in [4.69, 9.17) is 4.74 Å². The summed E-state index contributed by atoms with van der Waals surface area (Å²) in [5, 5.41) is 9.18. The molecule has 2 atom stereocenters. The van der Waals surface area contributed by atoms with Gasteiger partial charge in [0.2, 0.25) is 10.0 Å². The van der Waals surface area contributed by atoms with Gasteiger partial charge in [0.25, 0.3) is 0 Å². The van der Waals surface area contributed by atoms with Crippen molar-refractivity contribution in [1.29, 1.82) is 0 Å². The maximum absolute atomic E-state index is 12.4. The van der Waals surface area contributed by atoms with Gasteiger partial charge in [0.15, 0.2) is 0 Å². The number of carbonyl (C=O) groups is 1. The number of benzene rings is 1. The summed E-state index contributed by atoms with van der Waals surface area (Å²) >= 11 is 0. The van der Waals surface area contributed by atoms with Crippen LogP contribution in [0.2, 0.25) is 0 Å². The number of hydrogen-bond acceptors (Lipinski definition) is 4. The Bertz CT molecular complexity index is 669. The van der Waals surface area contributed by atoms with Crippen molar-refractivity contribution in [2.45, 2.75) is 50.7 Å². The lowest BCUT2D eigenvalue weighted by atomic mass is 10.1. The Morgan fingerprint density at radius 1 is 1.45 bits per heavy atom. The highest BCUT2D eigenvalue weighted by molar-refractivity contribution is 7.89. The summed E-state index contributed by atoms with van der Waals surface area (Å²) in [5.74, 6) is -0.420. The topological polar surface area (TPSA) is 92.7 Å². The van der Waals surface area contributed by atoms with E-state index in [2.05, 4.69) is 4.72 Å². The number of aliphatic carboxylic acids is 1. The molecule has 7 heteroatoms. The number of nitrogens with one attached hydrogen (secondary N) is 1. The fraction of sp³-hybridized carbons (Fsp3) is 0.533. The number of hydrogen-bond donors (Lipinski definition) is 2. The summed E-state index contributed by atoms with van der Waals surface area (Å²) in [6.07, 6.45) is 0.904. The van der Waals surface area contributed by atoms with Crippen LogP contribution in [-0.4, -0.2) is 31.6 Å². The molecule has 2 N–H and O–H groups in total. The molecule has 0 saturated carbocycles. The Morgan fingerprint density at radius 3 is 2.73 bits per heavy atom. The summed E-state index contributed by atoms with van der Waals surface area (Å²) in [5.41, 5.74) is 0.825. The molecule has 0 radical (unpaired) electrons. The second-order valence-electron chi connectivity index (χ2n) is 6.04. The van der Waals surface area contributed by atoms with Gasteiger partial charge in [-0.2, -0.15) is 4.72 Å². The molecule has 1 aliphatic rings. The van der Waals surface area contributed by atoms with Crippen LogP contribution in [-0.2, 0) is 21.2 Å². The van der Waals surface area contributed by atoms with Gasteiger partial charge in [-0.25, -0.2) is 8.42 Å². The molecular formula is C15H21NO5S. The highest BCUT2D eigenvalue weighted by Crippen LogP contribution is 2.30. The van der Waals surface area contributed by atoms with Crippen LogP contribution in [0.3, 0.4) is 0 Å². The Labute approximate surface area is 130 Å². The zero-order chi connectivity index (χ0) is 16.5. The molecule has 0 saturated heterocycles. The van der Waals surface area contributed by atoms with Gasteiger partial charge in [0.05, 0.1) is 4.90 Å². The zero-order valence-electron chi connectivity index (χ0n) is 12.9. The fourth-order valence-corrected chi connectivity index (χ4v) is 3.74. The van der Waals surface area contributed by atoms with Crippen molar-refractivity contribution in [1.82, 2.24) is 4.72 Å². The third-order valence-electron chi connectivity index (χ3n) is 3.48. The smallest absolute Gasteiger partial charge is 0.321 e. The predicted octanol–water partition coefficient (Wildman–Crippen LogP) is 1.79. The van der Waals surface area contributed by atoms with Crippen molar-refractivity contribution >= 4 is 16.0 Å².